The lowest BCUT2D eigenvalue weighted by Gasteiger charge is -2.32. The second-order valence-corrected chi connectivity index (χ2v) is 6.45. The van der Waals surface area contributed by atoms with Gasteiger partial charge >= 0.3 is 5.97 Å². The molecule has 2 heterocycles. The highest BCUT2D eigenvalue weighted by atomic mass is 32.1. The van der Waals surface area contributed by atoms with Crippen molar-refractivity contribution in [1.29, 1.82) is 0 Å². The van der Waals surface area contributed by atoms with Gasteiger partial charge in [0.25, 0.3) is 0 Å². The Morgan fingerprint density at radius 2 is 2.15 bits per heavy atom. The van der Waals surface area contributed by atoms with Crippen LogP contribution in [0.15, 0.2) is 0 Å². The summed E-state index contributed by atoms with van der Waals surface area (Å²) < 4.78 is 4.72. The van der Waals surface area contributed by atoms with E-state index in [4.69, 9.17) is 4.74 Å². The maximum Gasteiger partial charge on any atom is 0.357 e. The molecule has 1 aliphatic heterocycles. The highest BCUT2D eigenvalue weighted by molar-refractivity contribution is 7.15. The molecule has 1 fully saturated rings. The number of nitrogens with one attached hydrogen (secondary N) is 1. The lowest BCUT2D eigenvalue weighted by Crippen LogP contribution is -2.41. The third-order valence-corrected chi connectivity index (χ3v) is 4.67. The van der Waals surface area contributed by atoms with E-state index in [1.165, 1.54) is 50.8 Å². The number of esters is 1. The number of hydrogen-bond donors (Lipinski definition) is 1. The average molecular weight is 297 g/mol. The summed E-state index contributed by atoms with van der Waals surface area (Å²) in [5.74, 6) is -0.365. The number of methoxy groups -OCH3 is 1. The maximum atomic E-state index is 11.5. The topological polar surface area (TPSA) is 54.5 Å². The lowest BCUT2D eigenvalue weighted by molar-refractivity contribution is 0.0594. The molecule has 0 aliphatic carbocycles. The quantitative estimate of drug-likeness (QED) is 0.846. The van der Waals surface area contributed by atoms with Gasteiger partial charge in [-0.3, -0.25) is 4.90 Å². The zero-order chi connectivity index (χ0) is 14.5. The molecule has 0 spiro atoms. The highest BCUT2D eigenvalue weighted by Gasteiger charge is 2.18. The second kappa shape index (κ2) is 7.04. The van der Waals surface area contributed by atoms with E-state index in [-0.39, 0.29) is 5.97 Å². The summed E-state index contributed by atoms with van der Waals surface area (Å²) in [6, 6.07) is 0.487. The Balaban J connectivity index is 1.88. The molecular weight excluding hydrogens is 274 g/mol. The van der Waals surface area contributed by atoms with E-state index in [9.17, 15) is 4.79 Å². The number of likely N-dealkylation sites (tertiary alicyclic amines) is 1. The van der Waals surface area contributed by atoms with Gasteiger partial charge in [0.05, 0.1) is 7.11 Å². The van der Waals surface area contributed by atoms with E-state index < -0.39 is 0 Å². The van der Waals surface area contributed by atoms with Gasteiger partial charge in [-0.05, 0) is 39.8 Å². The van der Waals surface area contributed by atoms with Gasteiger partial charge in [0.1, 0.15) is 0 Å². The smallest absolute Gasteiger partial charge is 0.357 e. The fraction of sp³-hybridized carbons (Fsp3) is 0.714. The van der Waals surface area contributed by atoms with E-state index in [1.54, 1.807) is 0 Å². The summed E-state index contributed by atoms with van der Waals surface area (Å²) in [5.41, 5.74) is 0.422. The molecule has 112 valence electrons. The van der Waals surface area contributed by atoms with Crippen LogP contribution >= 0.6 is 11.3 Å². The number of hydrogen-bond acceptors (Lipinski definition) is 6. The standard InChI is InChI=1S/C14H23N3O2S/c1-10(17-7-5-4-6-8-17)9-15-14-16-12(11(2)20-14)13(18)19-3/h10H,4-9H2,1-3H3,(H,15,16). The second-order valence-electron chi connectivity index (χ2n) is 5.24. The molecule has 1 aliphatic rings. The summed E-state index contributed by atoms with van der Waals surface area (Å²) >= 11 is 1.51. The van der Waals surface area contributed by atoms with E-state index in [0.29, 0.717) is 11.7 Å². The van der Waals surface area contributed by atoms with Gasteiger partial charge in [-0.1, -0.05) is 6.42 Å². The van der Waals surface area contributed by atoms with Gasteiger partial charge in [-0.25, -0.2) is 9.78 Å². The molecule has 1 saturated heterocycles. The Hall–Kier alpha value is -1.14. The number of piperidine rings is 1. The van der Waals surface area contributed by atoms with E-state index in [0.717, 1.165) is 16.6 Å². The van der Waals surface area contributed by atoms with Crippen LogP contribution in [-0.4, -0.2) is 48.6 Å². The number of aromatic nitrogens is 1. The Kier molecular flexibility index (Phi) is 5.37. The van der Waals surface area contributed by atoms with Gasteiger partial charge in [-0.15, -0.1) is 11.3 Å². The van der Waals surface area contributed by atoms with E-state index in [2.05, 4.69) is 22.1 Å². The minimum absolute atomic E-state index is 0.365. The number of aryl methyl sites for hydroxylation is 1. The summed E-state index contributed by atoms with van der Waals surface area (Å²) in [4.78, 5) is 19.2. The van der Waals surface area contributed by atoms with Gasteiger partial charge in [-0.2, -0.15) is 0 Å². The van der Waals surface area contributed by atoms with Crippen LogP contribution in [0.5, 0.6) is 0 Å². The normalized spacial score (nSPS) is 17.8. The number of carbonyl (C=O) groups excluding carboxylic acids is 1. The van der Waals surface area contributed by atoms with Crippen LogP contribution in [0.2, 0.25) is 0 Å². The highest BCUT2D eigenvalue weighted by Crippen LogP contribution is 2.23. The fourth-order valence-electron chi connectivity index (χ4n) is 2.48. The number of carbonyl (C=O) groups is 1. The molecule has 6 heteroatoms. The molecule has 0 bridgehead atoms. The Morgan fingerprint density at radius 3 is 2.80 bits per heavy atom. The SMILES string of the molecule is COC(=O)c1nc(NCC(C)N2CCCCC2)sc1C. The monoisotopic (exact) mass is 297 g/mol. The first-order valence-corrected chi connectivity index (χ1v) is 7.97. The van der Waals surface area contributed by atoms with Crippen LogP contribution in [0, 0.1) is 6.92 Å². The summed E-state index contributed by atoms with van der Waals surface area (Å²) in [7, 11) is 1.38. The van der Waals surface area contributed by atoms with Gasteiger partial charge in [0, 0.05) is 17.5 Å². The minimum Gasteiger partial charge on any atom is -0.464 e. The number of ether oxygens (including phenoxy) is 1. The van der Waals surface area contributed by atoms with E-state index >= 15 is 0 Å². The van der Waals surface area contributed by atoms with E-state index in [1.807, 2.05) is 6.92 Å². The van der Waals surface area contributed by atoms with Crippen LogP contribution < -0.4 is 5.32 Å². The van der Waals surface area contributed by atoms with Crippen molar-refractivity contribution >= 4 is 22.4 Å². The molecule has 5 nitrogen and oxygen atoms in total. The lowest BCUT2D eigenvalue weighted by atomic mass is 10.1. The predicted molar refractivity (Wildman–Crippen MR) is 81.6 cm³/mol. The number of nitrogens with zero attached hydrogens (tertiary/aromatic N) is 2. The molecule has 0 saturated carbocycles. The molecule has 1 N–H and O–H groups in total. The van der Waals surface area contributed by atoms with Crippen LogP contribution in [0.1, 0.15) is 41.6 Å². The Morgan fingerprint density at radius 1 is 1.45 bits per heavy atom. The molecule has 2 rings (SSSR count). The molecule has 1 atom stereocenters. The first kappa shape index (κ1) is 15.3. The van der Waals surface area contributed by atoms with Crippen molar-refractivity contribution in [3.8, 4) is 0 Å². The predicted octanol–water partition coefficient (Wildman–Crippen LogP) is 2.52. The summed E-state index contributed by atoms with van der Waals surface area (Å²) in [6.45, 7) is 7.36. The fourth-order valence-corrected chi connectivity index (χ4v) is 3.29. The van der Waals surface area contributed by atoms with Crippen LogP contribution in [-0.2, 0) is 4.74 Å². The molecule has 20 heavy (non-hydrogen) atoms. The first-order valence-electron chi connectivity index (χ1n) is 7.15. The van der Waals surface area contributed by atoms with Gasteiger partial charge < -0.3 is 10.1 Å². The molecular formula is C14H23N3O2S. The van der Waals surface area contributed by atoms with Crippen molar-refractivity contribution in [1.82, 2.24) is 9.88 Å². The molecule has 0 amide bonds. The summed E-state index contributed by atoms with van der Waals surface area (Å²) in [5, 5.41) is 4.14. The largest absolute Gasteiger partial charge is 0.464 e. The molecule has 1 aromatic heterocycles. The van der Waals surface area contributed by atoms with Crippen LogP contribution in [0.4, 0.5) is 5.13 Å². The van der Waals surface area contributed by atoms with Crippen molar-refractivity contribution in [2.45, 2.75) is 39.2 Å². The van der Waals surface area contributed by atoms with Crippen molar-refractivity contribution in [3.63, 3.8) is 0 Å². The van der Waals surface area contributed by atoms with Crippen molar-refractivity contribution < 1.29 is 9.53 Å². The number of thiazole rings is 1. The molecule has 1 aromatic rings. The molecule has 0 aromatic carbocycles. The van der Waals surface area contributed by atoms with Crippen molar-refractivity contribution in [3.05, 3.63) is 10.6 Å². The number of rotatable bonds is 5. The van der Waals surface area contributed by atoms with Crippen molar-refractivity contribution in [2.24, 2.45) is 0 Å². The first-order chi connectivity index (χ1) is 9.61. The molecule has 1 unspecified atom stereocenters. The van der Waals surface area contributed by atoms with Gasteiger partial charge in [0.15, 0.2) is 10.8 Å². The Bertz CT molecular complexity index is 455. The van der Waals surface area contributed by atoms with Gasteiger partial charge in [0.2, 0.25) is 0 Å². The minimum atomic E-state index is -0.365. The number of anilines is 1. The van der Waals surface area contributed by atoms with Crippen LogP contribution in [0.3, 0.4) is 0 Å². The summed E-state index contributed by atoms with van der Waals surface area (Å²) in [6.07, 6.45) is 3.95. The zero-order valence-corrected chi connectivity index (χ0v) is 13.3. The van der Waals surface area contributed by atoms with Crippen LogP contribution in [0.25, 0.3) is 0 Å². The third-order valence-electron chi connectivity index (χ3n) is 3.74. The Labute approximate surface area is 124 Å². The zero-order valence-electron chi connectivity index (χ0n) is 12.4. The average Bonchev–Trinajstić information content (AvgIpc) is 2.86. The van der Waals surface area contributed by atoms with Crippen molar-refractivity contribution in [2.75, 3.05) is 32.1 Å². The molecule has 0 radical (unpaired) electrons. The maximum absolute atomic E-state index is 11.5. The third kappa shape index (κ3) is 3.70.